The molecule has 0 bridgehead atoms. The lowest BCUT2D eigenvalue weighted by molar-refractivity contribution is -0.122. The Morgan fingerprint density at radius 2 is 1.96 bits per heavy atom. The fraction of sp³-hybridized carbons (Fsp3) is 0.312. The van der Waals surface area contributed by atoms with Gasteiger partial charge in [-0.1, -0.05) is 18.2 Å². The minimum absolute atomic E-state index is 0.00776. The number of rotatable bonds is 7. The van der Waals surface area contributed by atoms with Crippen LogP contribution in [0.4, 0.5) is 0 Å². The first-order valence-electron chi connectivity index (χ1n) is 7.36. The second-order valence-electron chi connectivity index (χ2n) is 5.21. The average molecular weight is 333 g/mol. The summed E-state index contributed by atoms with van der Waals surface area (Å²) in [5, 5.41) is 12.3. The van der Waals surface area contributed by atoms with Crippen molar-refractivity contribution >= 4 is 5.91 Å². The lowest BCUT2D eigenvalue weighted by atomic mass is 10.3. The second-order valence-corrected chi connectivity index (χ2v) is 5.21. The molecule has 24 heavy (non-hydrogen) atoms. The van der Waals surface area contributed by atoms with Gasteiger partial charge >= 0.3 is 5.69 Å². The molecule has 8 heteroatoms. The van der Waals surface area contributed by atoms with E-state index in [4.69, 9.17) is 4.74 Å². The summed E-state index contributed by atoms with van der Waals surface area (Å²) in [7, 11) is 1.34. The summed E-state index contributed by atoms with van der Waals surface area (Å²) in [6.45, 7) is -0.213. The topological polar surface area (TPSA) is 103 Å². The summed E-state index contributed by atoms with van der Waals surface area (Å²) in [6, 6.07) is 10.2. The first-order valence-corrected chi connectivity index (χ1v) is 7.36. The number of aliphatic hydroxyl groups is 1. The van der Waals surface area contributed by atoms with Gasteiger partial charge in [0.1, 0.15) is 25.0 Å². The van der Waals surface area contributed by atoms with Gasteiger partial charge in [0.2, 0.25) is 5.91 Å². The summed E-state index contributed by atoms with van der Waals surface area (Å²) in [5.74, 6) is 0.175. The molecule has 2 rings (SSSR count). The van der Waals surface area contributed by atoms with Gasteiger partial charge in [-0.05, 0) is 12.1 Å². The summed E-state index contributed by atoms with van der Waals surface area (Å²) >= 11 is 0. The molecule has 2 N–H and O–H groups in total. The molecular formula is C16H19N3O5. The zero-order valence-corrected chi connectivity index (χ0v) is 13.2. The third-order valence-corrected chi connectivity index (χ3v) is 3.29. The van der Waals surface area contributed by atoms with Crippen LogP contribution in [0.3, 0.4) is 0 Å². The average Bonchev–Trinajstić information content (AvgIpc) is 2.59. The van der Waals surface area contributed by atoms with E-state index in [1.807, 2.05) is 18.2 Å². The Hall–Kier alpha value is -2.87. The number of benzene rings is 1. The molecule has 1 aromatic carbocycles. The van der Waals surface area contributed by atoms with Crippen LogP contribution < -0.4 is 21.3 Å². The molecule has 1 atom stereocenters. The van der Waals surface area contributed by atoms with Crippen LogP contribution in [0.5, 0.6) is 5.75 Å². The number of hydrogen-bond acceptors (Lipinski definition) is 5. The van der Waals surface area contributed by atoms with Crippen LogP contribution in [0.15, 0.2) is 52.2 Å². The van der Waals surface area contributed by atoms with Gasteiger partial charge in [-0.3, -0.25) is 18.7 Å². The third kappa shape index (κ3) is 4.82. The van der Waals surface area contributed by atoms with E-state index in [1.165, 1.54) is 19.3 Å². The van der Waals surface area contributed by atoms with Gasteiger partial charge in [0.05, 0.1) is 0 Å². The van der Waals surface area contributed by atoms with E-state index in [9.17, 15) is 19.5 Å². The van der Waals surface area contributed by atoms with Gasteiger partial charge in [0.15, 0.2) is 0 Å². The second kappa shape index (κ2) is 8.11. The fourth-order valence-electron chi connectivity index (χ4n) is 1.95. The molecule has 1 aromatic heterocycles. The fourth-order valence-corrected chi connectivity index (χ4v) is 1.95. The van der Waals surface area contributed by atoms with E-state index >= 15 is 0 Å². The number of aromatic nitrogens is 2. The Kier molecular flexibility index (Phi) is 5.91. The molecule has 128 valence electrons. The highest BCUT2D eigenvalue weighted by atomic mass is 16.5. The van der Waals surface area contributed by atoms with Crippen LogP contribution in [-0.4, -0.2) is 39.4 Å². The number of carbonyl (C=O) groups is 1. The summed E-state index contributed by atoms with van der Waals surface area (Å²) in [4.78, 5) is 34.9. The Balaban J connectivity index is 1.80. The van der Waals surface area contributed by atoms with Gasteiger partial charge in [-0.15, -0.1) is 0 Å². The standard InChI is InChI=1S/C16H19N3O5/c1-18-15(22)7-8-19(16(18)23)10-14(21)17-9-12(20)11-24-13-5-3-2-4-6-13/h2-8,12,20H,9-11H2,1H3,(H,17,21)/t12-/m1/s1. The van der Waals surface area contributed by atoms with Gasteiger partial charge in [-0.25, -0.2) is 4.79 Å². The summed E-state index contributed by atoms with van der Waals surface area (Å²) < 4.78 is 7.40. The largest absolute Gasteiger partial charge is 0.491 e. The smallest absolute Gasteiger partial charge is 0.331 e. The molecule has 0 spiro atoms. The van der Waals surface area contributed by atoms with Crippen LogP contribution in [0, 0.1) is 0 Å². The minimum atomic E-state index is -0.883. The van der Waals surface area contributed by atoms with E-state index in [1.54, 1.807) is 12.1 Å². The zero-order valence-electron chi connectivity index (χ0n) is 13.2. The van der Waals surface area contributed by atoms with E-state index in [0.29, 0.717) is 5.75 Å². The van der Waals surface area contributed by atoms with E-state index in [0.717, 1.165) is 9.13 Å². The maximum Gasteiger partial charge on any atom is 0.331 e. The Bertz CT molecular complexity index is 797. The van der Waals surface area contributed by atoms with Crippen molar-refractivity contribution < 1.29 is 14.6 Å². The van der Waals surface area contributed by atoms with Crippen LogP contribution in [0.25, 0.3) is 0 Å². The molecule has 8 nitrogen and oxygen atoms in total. The van der Waals surface area contributed by atoms with Crippen LogP contribution in [0.1, 0.15) is 0 Å². The Morgan fingerprint density at radius 1 is 1.25 bits per heavy atom. The molecule has 0 aliphatic rings. The molecule has 0 unspecified atom stereocenters. The van der Waals surface area contributed by atoms with E-state index < -0.39 is 23.3 Å². The SMILES string of the molecule is Cn1c(=O)ccn(CC(=O)NC[C@@H](O)COc2ccccc2)c1=O. The van der Waals surface area contributed by atoms with Crippen molar-refractivity contribution in [3.8, 4) is 5.75 Å². The molecule has 0 aliphatic heterocycles. The van der Waals surface area contributed by atoms with Crippen LogP contribution in [0.2, 0.25) is 0 Å². The van der Waals surface area contributed by atoms with Gasteiger partial charge < -0.3 is 15.2 Å². The van der Waals surface area contributed by atoms with Crippen LogP contribution in [-0.2, 0) is 18.4 Å². The van der Waals surface area contributed by atoms with Crippen molar-refractivity contribution in [1.29, 1.82) is 0 Å². The number of aliphatic hydroxyl groups excluding tert-OH is 1. The molecule has 1 amide bonds. The summed E-state index contributed by atoms with van der Waals surface area (Å²) in [5.41, 5.74) is -1.02. The van der Waals surface area contributed by atoms with Crippen molar-refractivity contribution in [2.24, 2.45) is 7.05 Å². The van der Waals surface area contributed by atoms with Gasteiger partial charge in [0, 0.05) is 25.9 Å². The molecule has 0 saturated carbocycles. The van der Waals surface area contributed by atoms with Crippen molar-refractivity contribution in [2.75, 3.05) is 13.2 Å². The number of para-hydroxylation sites is 1. The molecule has 0 aliphatic carbocycles. The maximum absolute atomic E-state index is 11.8. The highest BCUT2D eigenvalue weighted by Crippen LogP contribution is 2.08. The Labute approximate surface area is 137 Å². The predicted octanol–water partition coefficient (Wildman–Crippen LogP) is -0.897. The number of ether oxygens (including phenoxy) is 1. The predicted molar refractivity (Wildman–Crippen MR) is 86.9 cm³/mol. The van der Waals surface area contributed by atoms with E-state index in [2.05, 4.69) is 5.32 Å². The number of carbonyl (C=O) groups excluding carboxylic acids is 1. The molecule has 0 saturated heterocycles. The van der Waals surface area contributed by atoms with Crippen molar-refractivity contribution in [2.45, 2.75) is 12.6 Å². The minimum Gasteiger partial charge on any atom is -0.491 e. The van der Waals surface area contributed by atoms with Crippen LogP contribution >= 0.6 is 0 Å². The highest BCUT2D eigenvalue weighted by molar-refractivity contribution is 5.75. The molecule has 0 radical (unpaired) electrons. The van der Waals surface area contributed by atoms with Gasteiger partial charge in [0.25, 0.3) is 5.56 Å². The lowest BCUT2D eigenvalue weighted by Crippen LogP contribution is -2.42. The maximum atomic E-state index is 11.8. The number of nitrogens with one attached hydrogen (secondary N) is 1. The van der Waals surface area contributed by atoms with Crippen molar-refractivity contribution in [3.63, 3.8) is 0 Å². The highest BCUT2D eigenvalue weighted by Gasteiger charge is 2.10. The van der Waals surface area contributed by atoms with Crippen molar-refractivity contribution in [3.05, 3.63) is 63.4 Å². The number of hydrogen-bond donors (Lipinski definition) is 2. The molecular weight excluding hydrogens is 314 g/mol. The number of amides is 1. The number of nitrogens with zero attached hydrogens (tertiary/aromatic N) is 2. The van der Waals surface area contributed by atoms with Gasteiger partial charge in [-0.2, -0.15) is 0 Å². The first-order chi connectivity index (χ1) is 11.5. The van der Waals surface area contributed by atoms with Crippen molar-refractivity contribution in [1.82, 2.24) is 14.5 Å². The Morgan fingerprint density at radius 3 is 2.67 bits per heavy atom. The first kappa shape index (κ1) is 17.5. The summed E-state index contributed by atoms with van der Waals surface area (Å²) in [6.07, 6.45) is 0.380. The molecule has 1 heterocycles. The quantitative estimate of drug-likeness (QED) is 0.684. The lowest BCUT2D eigenvalue weighted by Gasteiger charge is -2.13. The monoisotopic (exact) mass is 333 g/mol. The third-order valence-electron chi connectivity index (χ3n) is 3.29. The molecule has 2 aromatic rings. The normalized spacial score (nSPS) is 11.8. The zero-order chi connectivity index (χ0) is 17.5. The van der Waals surface area contributed by atoms with E-state index in [-0.39, 0.29) is 19.7 Å². The molecule has 0 fully saturated rings.